The van der Waals surface area contributed by atoms with Crippen molar-refractivity contribution in [3.8, 4) is 11.5 Å². The minimum absolute atomic E-state index is 0.0956. The SMILES string of the molecule is FC(F)(c1ccc(OCCCCl)cc1)c1ccc(OCCCOS)cc1. The molecule has 0 bridgehead atoms. The van der Waals surface area contributed by atoms with Crippen molar-refractivity contribution in [3.05, 3.63) is 59.7 Å². The first-order valence-corrected chi connectivity index (χ1v) is 9.14. The molecule has 26 heavy (non-hydrogen) atoms. The zero-order valence-corrected chi connectivity index (χ0v) is 15.8. The predicted octanol–water partition coefficient (Wildman–Crippen LogP) is 5.46. The molecule has 0 radical (unpaired) electrons. The van der Waals surface area contributed by atoms with Gasteiger partial charge in [-0.25, -0.2) is 0 Å². The second kappa shape index (κ2) is 10.6. The van der Waals surface area contributed by atoms with Crippen LogP contribution in [0.1, 0.15) is 24.0 Å². The van der Waals surface area contributed by atoms with Gasteiger partial charge >= 0.3 is 0 Å². The normalized spacial score (nSPS) is 11.4. The molecular formula is C19H21ClF2O3S. The highest BCUT2D eigenvalue weighted by molar-refractivity contribution is 7.75. The third-order valence-electron chi connectivity index (χ3n) is 3.63. The van der Waals surface area contributed by atoms with Crippen LogP contribution in [0.5, 0.6) is 11.5 Å². The Hall–Kier alpha value is -1.50. The maximum Gasteiger partial charge on any atom is 0.298 e. The lowest BCUT2D eigenvalue weighted by atomic mass is 10.0. The van der Waals surface area contributed by atoms with Gasteiger partial charge in [0.15, 0.2) is 0 Å². The van der Waals surface area contributed by atoms with Crippen molar-refractivity contribution in [2.45, 2.75) is 18.8 Å². The molecule has 3 nitrogen and oxygen atoms in total. The zero-order chi connectivity index (χ0) is 18.8. The van der Waals surface area contributed by atoms with E-state index < -0.39 is 5.92 Å². The van der Waals surface area contributed by atoms with Crippen molar-refractivity contribution in [2.75, 3.05) is 25.7 Å². The Bertz CT molecular complexity index is 651. The topological polar surface area (TPSA) is 27.7 Å². The summed E-state index contributed by atoms with van der Waals surface area (Å²) in [6, 6.07) is 11.6. The van der Waals surface area contributed by atoms with Crippen LogP contribution in [0, 0.1) is 0 Å². The van der Waals surface area contributed by atoms with Crippen LogP contribution in [-0.4, -0.2) is 25.7 Å². The number of benzene rings is 2. The van der Waals surface area contributed by atoms with E-state index in [0.29, 0.717) is 50.0 Å². The van der Waals surface area contributed by atoms with Crippen molar-refractivity contribution >= 4 is 24.5 Å². The molecule has 2 aromatic carbocycles. The van der Waals surface area contributed by atoms with Gasteiger partial charge in [-0.15, -0.1) is 11.6 Å². The first-order chi connectivity index (χ1) is 12.6. The van der Waals surface area contributed by atoms with Gasteiger partial charge < -0.3 is 13.7 Å². The minimum Gasteiger partial charge on any atom is -0.494 e. The third-order valence-corrected chi connectivity index (χ3v) is 4.08. The number of alkyl halides is 3. The molecule has 7 heteroatoms. The van der Waals surface area contributed by atoms with Crippen LogP contribution in [0.3, 0.4) is 0 Å². The fraction of sp³-hybridized carbons (Fsp3) is 0.368. The summed E-state index contributed by atoms with van der Waals surface area (Å²) in [5.41, 5.74) is -0.193. The van der Waals surface area contributed by atoms with E-state index in [0.717, 1.165) is 0 Å². The third kappa shape index (κ3) is 6.04. The van der Waals surface area contributed by atoms with Crippen LogP contribution in [0.25, 0.3) is 0 Å². The van der Waals surface area contributed by atoms with Gasteiger partial charge in [-0.3, -0.25) is 0 Å². The summed E-state index contributed by atoms with van der Waals surface area (Å²) >= 11 is 9.21. The van der Waals surface area contributed by atoms with Crippen molar-refractivity contribution in [3.63, 3.8) is 0 Å². The molecule has 142 valence electrons. The molecule has 0 fully saturated rings. The molecule has 0 amide bonds. The summed E-state index contributed by atoms with van der Waals surface area (Å²) in [5.74, 6) is -1.53. The van der Waals surface area contributed by atoms with Crippen molar-refractivity contribution in [1.82, 2.24) is 0 Å². The van der Waals surface area contributed by atoms with Gasteiger partial charge in [0.25, 0.3) is 5.92 Å². The lowest BCUT2D eigenvalue weighted by Gasteiger charge is -2.18. The van der Waals surface area contributed by atoms with E-state index in [2.05, 4.69) is 17.1 Å². The van der Waals surface area contributed by atoms with E-state index in [1.165, 1.54) is 36.4 Å². The van der Waals surface area contributed by atoms with Crippen LogP contribution in [0.15, 0.2) is 48.5 Å². The molecule has 0 aliphatic carbocycles. The Balaban J connectivity index is 1.99. The minimum atomic E-state index is -3.10. The lowest BCUT2D eigenvalue weighted by molar-refractivity contribution is 0.0427. The van der Waals surface area contributed by atoms with Gasteiger partial charge in [-0.1, -0.05) is 0 Å². The molecule has 2 rings (SSSR count). The molecular weight excluding hydrogens is 382 g/mol. The summed E-state index contributed by atoms with van der Waals surface area (Å²) in [6.45, 7) is 1.35. The Labute approximate surface area is 162 Å². The molecule has 0 unspecified atom stereocenters. The molecule has 0 heterocycles. The smallest absolute Gasteiger partial charge is 0.298 e. The van der Waals surface area contributed by atoms with Crippen LogP contribution in [0.4, 0.5) is 8.78 Å². The summed E-state index contributed by atoms with van der Waals surface area (Å²) in [5, 5.41) is 0. The van der Waals surface area contributed by atoms with Crippen LogP contribution < -0.4 is 9.47 Å². The van der Waals surface area contributed by atoms with Crippen LogP contribution in [-0.2, 0) is 10.1 Å². The van der Waals surface area contributed by atoms with Crippen LogP contribution >= 0.6 is 24.5 Å². The Morgan fingerprint density at radius 1 is 0.769 bits per heavy atom. The van der Waals surface area contributed by atoms with Crippen molar-refractivity contribution in [2.24, 2.45) is 0 Å². The highest BCUT2D eigenvalue weighted by Crippen LogP contribution is 2.37. The number of thiol groups is 1. The quantitative estimate of drug-likeness (QED) is 0.234. The van der Waals surface area contributed by atoms with Crippen LogP contribution in [0.2, 0.25) is 0 Å². The van der Waals surface area contributed by atoms with Crippen molar-refractivity contribution < 1.29 is 22.4 Å². The van der Waals surface area contributed by atoms with E-state index in [-0.39, 0.29) is 11.1 Å². The summed E-state index contributed by atoms with van der Waals surface area (Å²) in [4.78, 5) is 0. The number of hydrogen-bond acceptors (Lipinski definition) is 4. The van der Waals surface area contributed by atoms with Gasteiger partial charge in [-0.2, -0.15) is 8.78 Å². The highest BCUT2D eigenvalue weighted by Gasteiger charge is 2.33. The molecule has 0 atom stereocenters. The van der Waals surface area contributed by atoms with E-state index in [9.17, 15) is 8.78 Å². The maximum atomic E-state index is 14.7. The van der Waals surface area contributed by atoms with E-state index in [4.69, 9.17) is 21.1 Å². The van der Waals surface area contributed by atoms with Gasteiger partial charge in [0, 0.05) is 23.4 Å². The monoisotopic (exact) mass is 402 g/mol. The second-order valence-electron chi connectivity index (χ2n) is 5.55. The molecule has 0 saturated heterocycles. The number of rotatable bonds is 11. The zero-order valence-electron chi connectivity index (χ0n) is 14.2. The fourth-order valence-corrected chi connectivity index (χ4v) is 2.48. The average Bonchev–Trinajstić information content (AvgIpc) is 2.66. The summed E-state index contributed by atoms with van der Waals surface area (Å²) in [7, 11) is 0. The average molecular weight is 403 g/mol. The first kappa shape index (κ1) is 20.8. The largest absolute Gasteiger partial charge is 0.494 e. The summed E-state index contributed by atoms with van der Waals surface area (Å²) < 4.78 is 44.9. The van der Waals surface area contributed by atoms with E-state index >= 15 is 0 Å². The number of hydrogen-bond donors (Lipinski definition) is 1. The molecule has 0 N–H and O–H groups in total. The number of ether oxygens (including phenoxy) is 2. The maximum absolute atomic E-state index is 14.7. The molecule has 0 saturated carbocycles. The fourth-order valence-electron chi connectivity index (χ4n) is 2.25. The Morgan fingerprint density at radius 3 is 1.65 bits per heavy atom. The van der Waals surface area contributed by atoms with Gasteiger partial charge in [0.1, 0.15) is 11.5 Å². The Kier molecular flexibility index (Phi) is 8.48. The standard InChI is InChI=1S/C19H21ClF2O3S/c20-11-1-12-23-17-7-3-15(4-8-17)19(21,22)16-5-9-18(10-6-16)24-13-2-14-25-26/h3-10,26H,1-2,11-14H2. The molecule has 2 aromatic rings. The van der Waals surface area contributed by atoms with E-state index in [1.54, 1.807) is 12.1 Å². The second-order valence-corrected chi connectivity index (χ2v) is 6.19. The van der Waals surface area contributed by atoms with Crippen molar-refractivity contribution in [1.29, 1.82) is 0 Å². The lowest BCUT2D eigenvalue weighted by Crippen LogP contribution is -2.15. The molecule has 0 aliphatic heterocycles. The van der Waals surface area contributed by atoms with Gasteiger partial charge in [-0.05, 0) is 67.9 Å². The highest BCUT2D eigenvalue weighted by atomic mass is 35.5. The molecule has 0 aliphatic rings. The predicted molar refractivity (Wildman–Crippen MR) is 102 cm³/mol. The van der Waals surface area contributed by atoms with E-state index in [1.807, 2.05) is 0 Å². The van der Waals surface area contributed by atoms with Gasteiger partial charge in [0.05, 0.1) is 19.8 Å². The Morgan fingerprint density at radius 2 is 1.23 bits per heavy atom. The molecule has 0 spiro atoms. The summed E-state index contributed by atoms with van der Waals surface area (Å²) in [6.07, 6.45) is 1.37. The van der Waals surface area contributed by atoms with Gasteiger partial charge in [0.2, 0.25) is 0 Å². The number of halogens is 3. The first-order valence-electron chi connectivity index (χ1n) is 8.24. The molecule has 0 aromatic heterocycles.